The van der Waals surface area contributed by atoms with Crippen LogP contribution in [0.2, 0.25) is 0 Å². The van der Waals surface area contributed by atoms with Crippen molar-refractivity contribution in [1.82, 2.24) is 0 Å². The molecule has 0 aliphatic carbocycles. The van der Waals surface area contributed by atoms with E-state index in [9.17, 15) is 5.11 Å². The van der Waals surface area contributed by atoms with E-state index in [0.29, 0.717) is 5.75 Å². The first-order valence-electron chi connectivity index (χ1n) is 4.21. The largest absolute Gasteiger partial charge is 0.508 e. The first kappa shape index (κ1) is 20.8. The van der Waals surface area contributed by atoms with Crippen molar-refractivity contribution in [3.63, 3.8) is 0 Å². The van der Waals surface area contributed by atoms with Crippen molar-refractivity contribution in [3.8, 4) is 5.75 Å². The van der Waals surface area contributed by atoms with Gasteiger partial charge in [0.05, 0.1) is 0 Å². The van der Waals surface area contributed by atoms with E-state index in [1.54, 1.807) is 6.07 Å². The van der Waals surface area contributed by atoms with Crippen LogP contribution in [-0.4, -0.2) is 5.11 Å². The number of halogens is 2. The molecule has 0 spiro atoms. The molecule has 0 fully saturated rings. The van der Waals surface area contributed by atoms with Crippen LogP contribution in [0.25, 0.3) is 0 Å². The van der Waals surface area contributed by atoms with Gasteiger partial charge >= 0.3 is 0 Å². The van der Waals surface area contributed by atoms with Crippen LogP contribution in [0.5, 0.6) is 5.75 Å². The second-order valence-electron chi connectivity index (χ2n) is 4.31. The van der Waals surface area contributed by atoms with E-state index in [2.05, 4.69) is 26.8 Å². The van der Waals surface area contributed by atoms with Crippen molar-refractivity contribution < 1.29 is 31.3 Å². The van der Waals surface area contributed by atoms with Crippen LogP contribution < -0.4 is 0 Å². The topological polar surface area (TPSA) is 20.2 Å². The number of hydrogen-bond acceptors (Lipinski definition) is 1. The molecular formula is C11H18Cl2OZr. The maximum absolute atomic E-state index is 9.36. The van der Waals surface area contributed by atoms with Gasteiger partial charge in [0.2, 0.25) is 0 Å². The zero-order valence-electron chi connectivity index (χ0n) is 9.50. The number of rotatable bonds is 0. The number of benzene rings is 1. The van der Waals surface area contributed by atoms with Gasteiger partial charge in [0.25, 0.3) is 0 Å². The Kier molecular flexibility index (Phi) is 10.7. The van der Waals surface area contributed by atoms with Gasteiger partial charge < -0.3 is 5.11 Å². The van der Waals surface area contributed by atoms with Crippen LogP contribution in [0.15, 0.2) is 18.2 Å². The molecule has 0 radical (unpaired) electrons. The van der Waals surface area contributed by atoms with Crippen molar-refractivity contribution in [3.05, 3.63) is 29.3 Å². The number of phenolic OH excluding ortho intramolecular Hbond substituents is 1. The van der Waals surface area contributed by atoms with E-state index < -0.39 is 0 Å². The molecule has 0 atom stereocenters. The molecule has 0 saturated carbocycles. The molecule has 0 amide bonds. The summed E-state index contributed by atoms with van der Waals surface area (Å²) in [7, 11) is 0. The maximum Gasteiger partial charge on any atom is 0.116 e. The molecule has 0 aliphatic rings. The molecule has 4 heteroatoms. The van der Waals surface area contributed by atoms with E-state index in [-0.39, 0.29) is 56.4 Å². The smallest absolute Gasteiger partial charge is 0.116 e. The molecule has 1 aromatic rings. The second-order valence-corrected chi connectivity index (χ2v) is 4.31. The Hall–Kier alpha value is 0.483. The third-order valence-corrected chi connectivity index (χ3v) is 1.93. The standard InChI is InChI=1S/C11H16O.2ClH.Zr/c1-8-5-9(11(2,3)4)7-10(12)6-8;;;/h5-7,12H,1-4H3;2*1H;. The Bertz CT molecular complexity index is 275. The first-order valence-corrected chi connectivity index (χ1v) is 4.21. The molecule has 0 aromatic heterocycles. The quantitative estimate of drug-likeness (QED) is 0.767. The molecule has 0 unspecified atom stereocenters. The van der Waals surface area contributed by atoms with Gasteiger partial charge in [-0.05, 0) is 35.6 Å². The predicted octanol–water partition coefficient (Wildman–Crippen LogP) is 3.84. The minimum absolute atomic E-state index is 0. The van der Waals surface area contributed by atoms with Crippen molar-refractivity contribution in [2.75, 3.05) is 0 Å². The molecule has 1 aromatic carbocycles. The summed E-state index contributed by atoms with van der Waals surface area (Å²) in [6.07, 6.45) is 0. The molecular weight excluding hydrogens is 310 g/mol. The molecule has 1 N–H and O–H groups in total. The Morgan fingerprint density at radius 1 is 1.00 bits per heavy atom. The summed E-state index contributed by atoms with van der Waals surface area (Å²) in [5, 5.41) is 9.36. The Balaban J connectivity index is -0.000000480. The van der Waals surface area contributed by atoms with Gasteiger partial charge in [-0.1, -0.05) is 26.8 Å². The summed E-state index contributed by atoms with van der Waals surface area (Å²) >= 11 is 0. The van der Waals surface area contributed by atoms with Gasteiger partial charge in [-0.2, -0.15) is 0 Å². The first-order chi connectivity index (χ1) is 5.39. The Morgan fingerprint density at radius 3 is 1.80 bits per heavy atom. The molecule has 0 heterocycles. The normalized spacial score (nSPS) is 9.33. The van der Waals surface area contributed by atoms with Crippen LogP contribution in [0.4, 0.5) is 0 Å². The van der Waals surface area contributed by atoms with E-state index in [4.69, 9.17) is 0 Å². The summed E-state index contributed by atoms with van der Waals surface area (Å²) in [5.41, 5.74) is 2.41. The summed E-state index contributed by atoms with van der Waals surface area (Å²) in [6, 6.07) is 5.71. The van der Waals surface area contributed by atoms with Crippen LogP contribution in [0.3, 0.4) is 0 Å². The minimum atomic E-state index is 0. The number of hydrogen-bond donors (Lipinski definition) is 1. The average Bonchev–Trinajstić information content (AvgIpc) is 1.82. The van der Waals surface area contributed by atoms with E-state index in [1.807, 2.05) is 13.0 Å². The van der Waals surface area contributed by atoms with Crippen molar-refractivity contribution in [2.45, 2.75) is 33.1 Å². The third-order valence-electron chi connectivity index (χ3n) is 1.93. The Labute approximate surface area is 124 Å². The van der Waals surface area contributed by atoms with Gasteiger partial charge in [-0.15, -0.1) is 24.8 Å². The molecule has 1 nitrogen and oxygen atoms in total. The monoisotopic (exact) mass is 326 g/mol. The predicted molar refractivity (Wildman–Crippen MR) is 66.0 cm³/mol. The van der Waals surface area contributed by atoms with Crippen molar-refractivity contribution >= 4 is 24.8 Å². The Morgan fingerprint density at radius 2 is 1.47 bits per heavy atom. The zero-order valence-corrected chi connectivity index (χ0v) is 13.6. The van der Waals surface area contributed by atoms with Crippen LogP contribution in [0.1, 0.15) is 31.9 Å². The van der Waals surface area contributed by atoms with E-state index >= 15 is 0 Å². The molecule has 0 aliphatic heterocycles. The summed E-state index contributed by atoms with van der Waals surface area (Å²) in [4.78, 5) is 0. The van der Waals surface area contributed by atoms with Crippen LogP contribution in [0, 0.1) is 6.92 Å². The minimum Gasteiger partial charge on any atom is -0.508 e. The van der Waals surface area contributed by atoms with Crippen molar-refractivity contribution in [1.29, 1.82) is 0 Å². The summed E-state index contributed by atoms with van der Waals surface area (Å²) in [6.45, 7) is 8.42. The molecule has 0 bridgehead atoms. The summed E-state index contributed by atoms with van der Waals surface area (Å²) < 4.78 is 0. The van der Waals surface area contributed by atoms with Crippen molar-refractivity contribution in [2.24, 2.45) is 0 Å². The van der Waals surface area contributed by atoms with Gasteiger partial charge in [-0.3, -0.25) is 0 Å². The van der Waals surface area contributed by atoms with Gasteiger partial charge in [0.15, 0.2) is 0 Å². The molecule has 1 rings (SSSR count). The van der Waals surface area contributed by atoms with Gasteiger partial charge in [0, 0.05) is 26.2 Å². The fourth-order valence-corrected chi connectivity index (χ4v) is 1.20. The maximum atomic E-state index is 9.36. The fourth-order valence-electron chi connectivity index (χ4n) is 1.20. The third kappa shape index (κ3) is 6.61. The number of aromatic hydroxyl groups is 1. The van der Waals surface area contributed by atoms with Gasteiger partial charge in [0.1, 0.15) is 5.75 Å². The van der Waals surface area contributed by atoms with E-state index in [1.165, 1.54) is 5.56 Å². The van der Waals surface area contributed by atoms with Crippen LogP contribution >= 0.6 is 24.8 Å². The molecule has 86 valence electrons. The SMILES string of the molecule is Cc1cc(O)cc(C(C)(C)C)c1.Cl.Cl.[Zr]. The molecule has 0 saturated heterocycles. The zero-order chi connectivity index (χ0) is 9.35. The fraction of sp³-hybridized carbons (Fsp3) is 0.455. The second kappa shape index (κ2) is 7.71. The number of phenols is 1. The van der Waals surface area contributed by atoms with Crippen LogP contribution in [-0.2, 0) is 31.6 Å². The van der Waals surface area contributed by atoms with Gasteiger partial charge in [-0.25, -0.2) is 0 Å². The summed E-state index contributed by atoms with van der Waals surface area (Å²) in [5.74, 6) is 0.361. The number of aryl methyl sites for hydroxylation is 1. The molecule has 15 heavy (non-hydrogen) atoms. The van der Waals surface area contributed by atoms with E-state index in [0.717, 1.165) is 5.56 Å². The average molecular weight is 328 g/mol.